The number of carbonyl (C=O) groups is 3. The predicted molar refractivity (Wildman–Crippen MR) is 112 cm³/mol. The molecule has 0 spiro atoms. The molecule has 1 aromatic carbocycles. The second-order valence-electron chi connectivity index (χ2n) is 8.26. The van der Waals surface area contributed by atoms with Crippen molar-refractivity contribution in [3.05, 3.63) is 35.4 Å². The Labute approximate surface area is 173 Å². The van der Waals surface area contributed by atoms with E-state index in [1.54, 1.807) is 30.6 Å². The lowest BCUT2D eigenvalue weighted by atomic mass is 10.1. The molecule has 0 unspecified atom stereocenters. The monoisotopic (exact) mass is 403 g/mol. The zero-order valence-corrected chi connectivity index (χ0v) is 18.0. The summed E-state index contributed by atoms with van der Waals surface area (Å²) in [5.74, 6) is 0.0664. The van der Waals surface area contributed by atoms with Gasteiger partial charge in [-0.2, -0.15) is 0 Å². The molecule has 1 fully saturated rings. The van der Waals surface area contributed by atoms with E-state index in [0.717, 1.165) is 6.42 Å². The Kier molecular flexibility index (Phi) is 8.05. The molecular weight excluding hydrogens is 370 g/mol. The van der Waals surface area contributed by atoms with Crippen LogP contribution in [0.4, 0.5) is 4.79 Å². The van der Waals surface area contributed by atoms with Crippen LogP contribution in [0.25, 0.3) is 0 Å². The van der Waals surface area contributed by atoms with E-state index >= 15 is 0 Å². The minimum atomic E-state index is -0.533. The van der Waals surface area contributed by atoms with Crippen LogP contribution in [0, 0.1) is 0 Å². The predicted octanol–water partition coefficient (Wildman–Crippen LogP) is 2.84. The minimum absolute atomic E-state index is 0.0151. The summed E-state index contributed by atoms with van der Waals surface area (Å²) in [5.41, 5.74) is 1.36. The lowest BCUT2D eigenvalue weighted by molar-refractivity contribution is -0.132. The third-order valence-corrected chi connectivity index (χ3v) is 4.76. The van der Waals surface area contributed by atoms with E-state index in [-0.39, 0.29) is 11.8 Å². The Morgan fingerprint density at radius 1 is 1.00 bits per heavy atom. The SMILES string of the molecule is CCc1ccc(C(=O)N2CCN(C(=O)CCCNC(=O)OC(C)(C)C)CC2)cc1. The molecule has 160 valence electrons. The second-order valence-corrected chi connectivity index (χ2v) is 8.26. The number of hydrogen-bond acceptors (Lipinski definition) is 4. The number of benzene rings is 1. The van der Waals surface area contributed by atoms with Crippen LogP contribution in [0.15, 0.2) is 24.3 Å². The molecule has 3 amide bonds. The summed E-state index contributed by atoms with van der Waals surface area (Å²) in [6.45, 7) is 10.1. The molecule has 7 heteroatoms. The molecule has 1 N–H and O–H groups in total. The summed E-state index contributed by atoms with van der Waals surface area (Å²) < 4.78 is 5.16. The van der Waals surface area contributed by atoms with Gasteiger partial charge >= 0.3 is 6.09 Å². The van der Waals surface area contributed by atoms with Crippen molar-refractivity contribution >= 4 is 17.9 Å². The van der Waals surface area contributed by atoms with Gasteiger partial charge in [-0.05, 0) is 51.3 Å². The topological polar surface area (TPSA) is 79.0 Å². The molecule has 0 atom stereocenters. The zero-order valence-electron chi connectivity index (χ0n) is 18.0. The van der Waals surface area contributed by atoms with Gasteiger partial charge in [0.2, 0.25) is 5.91 Å². The molecule has 2 rings (SSSR count). The first kappa shape index (κ1) is 22.7. The number of carbonyl (C=O) groups excluding carboxylic acids is 3. The summed E-state index contributed by atoms with van der Waals surface area (Å²) in [7, 11) is 0. The maximum absolute atomic E-state index is 12.6. The van der Waals surface area contributed by atoms with Crippen LogP contribution in [0.5, 0.6) is 0 Å². The van der Waals surface area contributed by atoms with Gasteiger partial charge in [0.15, 0.2) is 0 Å². The fourth-order valence-electron chi connectivity index (χ4n) is 3.13. The third kappa shape index (κ3) is 7.40. The van der Waals surface area contributed by atoms with Crippen molar-refractivity contribution in [3.63, 3.8) is 0 Å². The van der Waals surface area contributed by atoms with Gasteiger partial charge in [-0.25, -0.2) is 4.79 Å². The Hall–Kier alpha value is -2.57. The molecule has 0 aliphatic carbocycles. The van der Waals surface area contributed by atoms with Crippen molar-refractivity contribution in [2.24, 2.45) is 0 Å². The summed E-state index contributed by atoms with van der Waals surface area (Å²) in [5, 5.41) is 2.66. The minimum Gasteiger partial charge on any atom is -0.444 e. The van der Waals surface area contributed by atoms with E-state index in [1.165, 1.54) is 5.56 Å². The van der Waals surface area contributed by atoms with Gasteiger partial charge in [-0.15, -0.1) is 0 Å². The lowest BCUT2D eigenvalue weighted by Crippen LogP contribution is -2.50. The quantitative estimate of drug-likeness (QED) is 0.741. The highest BCUT2D eigenvalue weighted by Gasteiger charge is 2.24. The van der Waals surface area contributed by atoms with Gasteiger partial charge in [-0.3, -0.25) is 9.59 Å². The largest absolute Gasteiger partial charge is 0.444 e. The fourth-order valence-corrected chi connectivity index (χ4v) is 3.13. The van der Waals surface area contributed by atoms with Crippen molar-refractivity contribution in [1.29, 1.82) is 0 Å². The van der Waals surface area contributed by atoms with Crippen LogP contribution < -0.4 is 5.32 Å². The number of aryl methyl sites for hydroxylation is 1. The maximum Gasteiger partial charge on any atom is 0.407 e. The van der Waals surface area contributed by atoms with Crippen LogP contribution in [-0.4, -0.2) is 66.0 Å². The number of rotatable bonds is 6. The number of amides is 3. The Morgan fingerprint density at radius 2 is 1.59 bits per heavy atom. The third-order valence-electron chi connectivity index (χ3n) is 4.76. The Morgan fingerprint density at radius 3 is 2.14 bits per heavy atom. The first-order valence-corrected chi connectivity index (χ1v) is 10.3. The van der Waals surface area contributed by atoms with Gasteiger partial charge in [0.1, 0.15) is 5.60 Å². The molecule has 0 aromatic heterocycles. The zero-order chi connectivity index (χ0) is 21.4. The first-order chi connectivity index (χ1) is 13.7. The number of nitrogens with one attached hydrogen (secondary N) is 1. The molecule has 1 saturated heterocycles. The smallest absolute Gasteiger partial charge is 0.407 e. The molecule has 1 heterocycles. The second kappa shape index (κ2) is 10.3. The van der Waals surface area contributed by atoms with Crippen molar-refractivity contribution in [3.8, 4) is 0 Å². The van der Waals surface area contributed by atoms with E-state index in [9.17, 15) is 14.4 Å². The van der Waals surface area contributed by atoms with Crippen LogP contribution in [0.2, 0.25) is 0 Å². The standard InChI is InChI=1S/C22H33N3O4/c1-5-17-8-10-18(11-9-17)20(27)25-15-13-24(14-16-25)19(26)7-6-12-23-21(28)29-22(2,3)4/h8-11H,5-7,12-16H2,1-4H3,(H,23,28). The highest BCUT2D eigenvalue weighted by Crippen LogP contribution is 2.12. The molecule has 0 bridgehead atoms. The van der Waals surface area contributed by atoms with E-state index in [0.29, 0.717) is 51.1 Å². The van der Waals surface area contributed by atoms with Gasteiger partial charge in [-0.1, -0.05) is 19.1 Å². The van der Waals surface area contributed by atoms with Crippen molar-refractivity contribution in [2.75, 3.05) is 32.7 Å². The number of nitrogens with zero attached hydrogens (tertiary/aromatic N) is 2. The molecule has 0 saturated carbocycles. The van der Waals surface area contributed by atoms with Gasteiger partial charge < -0.3 is 19.9 Å². The highest BCUT2D eigenvalue weighted by molar-refractivity contribution is 5.94. The van der Waals surface area contributed by atoms with Gasteiger partial charge in [0.25, 0.3) is 5.91 Å². The average Bonchev–Trinajstić information content (AvgIpc) is 2.69. The fraction of sp³-hybridized carbons (Fsp3) is 0.591. The summed E-state index contributed by atoms with van der Waals surface area (Å²) >= 11 is 0. The summed E-state index contributed by atoms with van der Waals surface area (Å²) in [6.07, 6.45) is 1.40. The van der Waals surface area contributed by atoms with Crippen LogP contribution in [0.1, 0.15) is 56.5 Å². The Bertz CT molecular complexity index is 702. The highest BCUT2D eigenvalue weighted by atomic mass is 16.6. The molecule has 0 radical (unpaired) electrons. The molecule has 1 aromatic rings. The molecular formula is C22H33N3O4. The van der Waals surface area contributed by atoms with E-state index < -0.39 is 11.7 Å². The van der Waals surface area contributed by atoms with Gasteiger partial charge in [0, 0.05) is 44.7 Å². The molecule has 7 nitrogen and oxygen atoms in total. The number of piperazine rings is 1. The van der Waals surface area contributed by atoms with Crippen molar-refractivity contribution in [2.45, 2.75) is 52.6 Å². The normalized spacial score (nSPS) is 14.5. The molecule has 29 heavy (non-hydrogen) atoms. The average molecular weight is 404 g/mol. The van der Waals surface area contributed by atoms with E-state index in [2.05, 4.69) is 12.2 Å². The molecule has 1 aliphatic rings. The maximum atomic E-state index is 12.6. The van der Waals surface area contributed by atoms with Gasteiger partial charge in [0.05, 0.1) is 0 Å². The van der Waals surface area contributed by atoms with Crippen molar-refractivity contribution in [1.82, 2.24) is 15.1 Å². The first-order valence-electron chi connectivity index (χ1n) is 10.3. The number of hydrogen-bond donors (Lipinski definition) is 1. The van der Waals surface area contributed by atoms with E-state index in [4.69, 9.17) is 4.74 Å². The number of ether oxygens (including phenoxy) is 1. The Balaban J connectivity index is 1.69. The van der Waals surface area contributed by atoms with Crippen molar-refractivity contribution < 1.29 is 19.1 Å². The van der Waals surface area contributed by atoms with Crippen LogP contribution >= 0.6 is 0 Å². The van der Waals surface area contributed by atoms with Crippen LogP contribution in [0.3, 0.4) is 0 Å². The van der Waals surface area contributed by atoms with E-state index in [1.807, 2.05) is 24.3 Å². The summed E-state index contributed by atoms with van der Waals surface area (Å²) in [4.78, 5) is 40.2. The summed E-state index contributed by atoms with van der Waals surface area (Å²) in [6, 6.07) is 7.71. The lowest BCUT2D eigenvalue weighted by Gasteiger charge is -2.35. The molecule has 1 aliphatic heterocycles. The van der Waals surface area contributed by atoms with Crippen LogP contribution in [-0.2, 0) is 16.0 Å². The number of alkyl carbamates (subject to hydrolysis) is 1.